The summed E-state index contributed by atoms with van der Waals surface area (Å²) in [4.78, 5) is 14.7. The number of carbonyl (C=O) groups excluding carboxylic acids is 1. The van der Waals surface area contributed by atoms with E-state index in [4.69, 9.17) is 22.7 Å². The van der Waals surface area contributed by atoms with Gasteiger partial charge in [-0.25, -0.2) is 0 Å². The van der Waals surface area contributed by atoms with Gasteiger partial charge in [-0.1, -0.05) is 25.1 Å². The lowest BCUT2D eigenvalue weighted by atomic mass is 9.85. The van der Waals surface area contributed by atoms with Crippen LogP contribution in [0, 0.1) is 5.41 Å². The third kappa shape index (κ3) is 4.40. The van der Waals surface area contributed by atoms with Gasteiger partial charge in [0.2, 0.25) is 5.91 Å². The Balaban J connectivity index is 2.36. The zero-order valence-corrected chi connectivity index (χ0v) is 12.7. The molecule has 1 amide bonds. The van der Waals surface area contributed by atoms with E-state index in [1.54, 1.807) is 7.11 Å². The van der Waals surface area contributed by atoms with Gasteiger partial charge in [0.05, 0.1) is 17.0 Å². The molecule has 0 bridgehead atoms. The minimum Gasteiger partial charge on any atom is -0.392 e. The summed E-state index contributed by atoms with van der Waals surface area (Å²) in [6, 6.07) is 0. The summed E-state index contributed by atoms with van der Waals surface area (Å²) in [6.45, 7) is 2.96. The lowest BCUT2D eigenvalue weighted by molar-refractivity contribution is -0.127. The largest absolute Gasteiger partial charge is 0.392 e. The monoisotopic (exact) mass is 287 g/mol. The Morgan fingerprint density at radius 1 is 1.42 bits per heavy atom. The van der Waals surface area contributed by atoms with Crippen molar-refractivity contribution < 1.29 is 9.53 Å². The molecule has 0 aromatic rings. The number of hydrogen-bond acceptors (Lipinski definition) is 4. The molecule has 1 aliphatic rings. The van der Waals surface area contributed by atoms with Gasteiger partial charge in [-0.15, -0.1) is 0 Å². The third-order valence-corrected chi connectivity index (χ3v) is 4.21. The summed E-state index contributed by atoms with van der Waals surface area (Å²) in [6.07, 6.45) is 3.62. The number of likely N-dealkylation sites (N-methyl/N-ethyl adjacent to an activating group) is 1. The van der Waals surface area contributed by atoms with Crippen LogP contribution in [0.3, 0.4) is 0 Å². The van der Waals surface area contributed by atoms with Crippen LogP contribution in [0.5, 0.6) is 0 Å². The van der Waals surface area contributed by atoms with E-state index < -0.39 is 5.41 Å². The first-order chi connectivity index (χ1) is 9.03. The van der Waals surface area contributed by atoms with Crippen molar-refractivity contribution in [3.8, 4) is 0 Å². The molecule has 1 saturated carbocycles. The molecule has 1 rings (SSSR count). The second-order valence-electron chi connectivity index (χ2n) is 5.21. The number of ether oxygens (including phenoxy) is 1. The van der Waals surface area contributed by atoms with E-state index in [0.717, 1.165) is 38.8 Å². The average molecular weight is 287 g/mol. The molecule has 19 heavy (non-hydrogen) atoms. The van der Waals surface area contributed by atoms with Crippen molar-refractivity contribution in [3.05, 3.63) is 0 Å². The summed E-state index contributed by atoms with van der Waals surface area (Å²) >= 11 is 5.09. The zero-order valence-electron chi connectivity index (χ0n) is 11.9. The van der Waals surface area contributed by atoms with Gasteiger partial charge in [0.15, 0.2) is 0 Å². The topological polar surface area (TPSA) is 67.6 Å². The molecule has 0 saturated heterocycles. The van der Waals surface area contributed by atoms with E-state index in [1.165, 1.54) is 0 Å². The Labute approximate surface area is 120 Å². The number of hydrogen-bond donors (Lipinski definition) is 2. The summed E-state index contributed by atoms with van der Waals surface area (Å²) in [7, 11) is 3.69. The van der Waals surface area contributed by atoms with E-state index in [9.17, 15) is 4.79 Å². The molecular weight excluding hydrogens is 262 g/mol. The fourth-order valence-electron chi connectivity index (χ4n) is 2.45. The van der Waals surface area contributed by atoms with Crippen LogP contribution in [0.4, 0.5) is 0 Å². The molecule has 1 aliphatic carbocycles. The summed E-state index contributed by atoms with van der Waals surface area (Å²) < 4.78 is 5.01. The molecule has 5 nitrogen and oxygen atoms in total. The Bertz CT molecular complexity index is 317. The summed E-state index contributed by atoms with van der Waals surface area (Å²) in [5, 5.41) is 2.97. The Morgan fingerprint density at radius 2 is 2.05 bits per heavy atom. The van der Waals surface area contributed by atoms with E-state index >= 15 is 0 Å². The molecule has 0 heterocycles. The summed E-state index contributed by atoms with van der Waals surface area (Å²) in [5.41, 5.74) is 5.18. The van der Waals surface area contributed by atoms with Gasteiger partial charge in [-0.05, 0) is 19.9 Å². The molecule has 0 atom stereocenters. The maximum Gasteiger partial charge on any atom is 0.233 e. The molecule has 1 fully saturated rings. The zero-order chi connectivity index (χ0) is 14.3. The number of carbonyl (C=O) groups is 1. The van der Waals surface area contributed by atoms with E-state index in [0.29, 0.717) is 18.1 Å². The summed E-state index contributed by atoms with van der Waals surface area (Å²) in [5.74, 6) is -0.00218. The van der Waals surface area contributed by atoms with Gasteiger partial charge in [0.25, 0.3) is 0 Å². The van der Waals surface area contributed by atoms with Gasteiger partial charge in [0, 0.05) is 26.7 Å². The van der Waals surface area contributed by atoms with Crippen molar-refractivity contribution in [1.82, 2.24) is 10.2 Å². The lowest BCUT2D eigenvalue weighted by Gasteiger charge is -2.26. The predicted molar refractivity (Wildman–Crippen MR) is 80.1 cm³/mol. The molecule has 0 aromatic carbocycles. The van der Waals surface area contributed by atoms with Gasteiger partial charge in [-0.3, -0.25) is 4.79 Å². The Morgan fingerprint density at radius 3 is 2.58 bits per heavy atom. The van der Waals surface area contributed by atoms with Crippen LogP contribution in [0.15, 0.2) is 0 Å². The van der Waals surface area contributed by atoms with Crippen LogP contribution in [0.2, 0.25) is 0 Å². The van der Waals surface area contributed by atoms with E-state index in [-0.39, 0.29) is 5.91 Å². The molecule has 3 N–H and O–H groups in total. The predicted octanol–water partition coefficient (Wildman–Crippen LogP) is 0.527. The number of rotatable bonds is 8. The van der Waals surface area contributed by atoms with Crippen molar-refractivity contribution in [1.29, 1.82) is 0 Å². The third-order valence-electron chi connectivity index (χ3n) is 3.82. The van der Waals surface area contributed by atoms with Crippen molar-refractivity contribution >= 4 is 23.1 Å². The fourth-order valence-corrected chi connectivity index (χ4v) is 2.75. The second-order valence-corrected chi connectivity index (χ2v) is 5.65. The van der Waals surface area contributed by atoms with E-state index in [2.05, 4.69) is 10.2 Å². The number of nitrogens with zero attached hydrogens (tertiary/aromatic N) is 1. The van der Waals surface area contributed by atoms with Crippen LogP contribution in [0.25, 0.3) is 0 Å². The fraction of sp³-hybridized carbons (Fsp3) is 0.846. The van der Waals surface area contributed by atoms with Crippen molar-refractivity contribution in [2.24, 2.45) is 11.1 Å². The van der Waals surface area contributed by atoms with Crippen LogP contribution in [-0.4, -0.2) is 56.2 Å². The minimum absolute atomic E-state index is 0.00218. The van der Waals surface area contributed by atoms with Crippen LogP contribution < -0.4 is 11.1 Å². The SMILES string of the molecule is COCCN(C)CCNC(=O)C1(C(N)=S)CCCC1. The number of amides is 1. The second kappa shape index (κ2) is 7.77. The van der Waals surface area contributed by atoms with Crippen molar-refractivity contribution in [3.63, 3.8) is 0 Å². The molecule has 6 heteroatoms. The quantitative estimate of drug-likeness (QED) is 0.637. The highest BCUT2D eigenvalue weighted by Crippen LogP contribution is 2.38. The smallest absolute Gasteiger partial charge is 0.233 e. The highest BCUT2D eigenvalue weighted by Gasteiger charge is 2.43. The first-order valence-corrected chi connectivity index (χ1v) is 7.19. The number of nitrogens with one attached hydrogen (secondary N) is 1. The van der Waals surface area contributed by atoms with Gasteiger partial charge in [-0.2, -0.15) is 0 Å². The van der Waals surface area contributed by atoms with Crippen molar-refractivity contribution in [2.75, 3.05) is 40.4 Å². The average Bonchev–Trinajstić information content (AvgIpc) is 2.86. The van der Waals surface area contributed by atoms with Gasteiger partial charge in [0.1, 0.15) is 0 Å². The standard InChI is InChI=1S/C13H25N3O2S/c1-16(9-10-18-2)8-7-15-12(17)13(11(14)19)5-3-4-6-13/h3-10H2,1-2H3,(H2,14,19)(H,15,17). The highest BCUT2D eigenvalue weighted by atomic mass is 32.1. The van der Waals surface area contributed by atoms with Gasteiger partial charge < -0.3 is 20.7 Å². The molecule has 0 spiro atoms. The Kier molecular flexibility index (Phi) is 6.68. The molecule has 0 aliphatic heterocycles. The lowest BCUT2D eigenvalue weighted by Crippen LogP contribution is -2.48. The number of nitrogens with two attached hydrogens (primary N) is 1. The Hall–Kier alpha value is -0.720. The molecule has 0 aromatic heterocycles. The maximum absolute atomic E-state index is 12.3. The maximum atomic E-state index is 12.3. The van der Waals surface area contributed by atoms with E-state index in [1.807, 2.05) is 7.05 Å². The molecule has 0 radical (unpaired) electrons. The highest BCUT2D eigenvalue weighted by molar-refractivity contribution is 7.80. The van der Waals surface area contributed by atoms with Crippen LogP contribution in [0.1, 0.15) is 25.7 Å². The van der Waals surface area contributed by atoms with Crippen LogP contribution in [-0.2, 0) is 9.53 Å². The van der Waals surface area contributed by atoms with Crippen LogP contribution >= 0.6 is 12.2 Å². The first-order valence-electron chi connectivity index (χ1n) is 6.78. The van der Waals surface area contributed by atoms with Crippen molar-refractivity contribution in [2.45, 2.75) is 25.7 Å². The molecular formula is C13H25N3O2S. The number of methoxy groups -OCH3 is 1. The normalized spacial score (nSPS) is 17.6. The number of thiocarbonyl (C=S) groups is 1. The first kappa shape index (κ1) is 16.3. The molecule has 0 unspecified atom stereocenters. The molecule has 110 valence electrons. The van der Waals surface area contributed by atoms with Gasteiger partial charge >= 0.3 is 0 Å². The minimum atomic E-state index is -0.597.